The maximum Gasteiger partial charge on any atom is 0.272 e. The SMILES string of the molecule is CCC(Sc1cccc(NC(=O)/C(=C\c2ccc(Br)cc2)NC(=O)c2ccccc2)c1)C(=O)Nc1scc(-c2ccccc2)c1C#N. The van der Waals surface area contributed by atoms with E-state index in [0.29, 0.717) is 28.2 Å². The predicted octanol–water partition coefficient (Wildman–Crippen LogP) is 8.97. The van der Waals surface area contributed by atoms with Crippen molar-refractivity contribution in [3.05, 3.63) is 141 Å². The molecule has 0 radical (unpaired) electrons. The summed E-state index contributed by atoms with van der Waals surface area (Å²) in [6, 6.07) is 35.1. The summed E-state index contributed by atoms with van der Waals surface area (Å²) in [6.45, 7) is 1.92. The Bertz CT molecular complexity index is 1950. The summed E-state index contributed by atoms with van der Waals surface area (Å²) >= 11 is 6.11. The lowest BCUT2D eigenvalue weighted by Crippen LogP contribution is -2.30. The average molecular weight is 722 g/mol. The lowest BCUT2D eigenvalue weighted by Gasteiger charge is -2.16. The number of nitrogens with one attached hydrogen (secondary N) is 3. The first kappa shape index (κ1) is 33.4. The molecule has 0 spiro atoms. The molecule has 1 aromatic heterocycles. The first-order chi connectivity index (χ1) is 22.8. The van der Waals surface area contributed by atoms with Gasteiger partial charge in [0.15, 0.2) is 0 Å². The zero-order valence-electron chi connectivity index (χ0n) is 25.2. The van der Waals surface area contributed by atoms with Crippen LogP contribution in [0.25, 0.3) is 17.2 Å². The first-order valence-electron chi connectivity index (χ1n) is 14.6. The molecular weight excluding hydrogens is 692 g/mol. The summed E-state index contributed by atoms with van der Waals surface area (Å²) in [5, 5.41) is 20.4. The van der Waals surface area contributed by atoms with E-state index in [4.69, 9.17) is 0 Å². The normalized spacial score (nSPS) is 11.6. The topological polar surface area (TPSA) is 111 Å². The molecule has 47 heavy (non-hydrogen) atoms. The van der Waals surface area contributed by atoms with Gasteiger partial charge in [0, 0.05) is 31.6 Å². The molecule has 1 heterocycles. The van der Waals surface area contributed by atoms with Crippen molar-refractivity contribution in [1.29, 1.82) is 5.26 Å². The summed E-state index contributed by atoms with van der Waals surface area (Å²) < 4.78 is 0.889. The van der Waals surface area contributed by atoms with Crippen LogP contribution in [0.5, 0.6) is 0 Å². The van der Waals surface area contributed by atoms with Crippen LogP contribution in [-0.4, -0.2) is 23.0 Å². The van der Waals surface area contributed by atoms with Gasteiger partial charge in [-0.3, -0.25) is 14.4 Å². The third-order valence-corrected chi connectivity index (χ3v) is 9.75. The van der Waals surface area contributed by atoms with Gasteiger partial charge in [-0.05, 0) is 66.1 Å². The van der Waals surface area contributed by atoms with Crippen LogP contribution in [0.4, 0.5) is 10.7 Å². The molecule has 0 bridgehead atoms. The predicted molar refractivity (Wildman–Crippen MR) is 194 cm³/mol. The number of hydrogen-bond acceptors (Lipinski definition) is 6. The zero-order valence-corrected chi connectivity index (χ0v) is 28.4. The Hall–Kier alpha value is -4.95. The standard InChI is InChI=1S/C37H29BrN4O3S2/c1-2-33(36(45)42-37-30(22-39)31(23-46-37)25-10-5-3-6-11-25)47-29-15-9-14-28(21-29)40-35(44)32(20-24-16-18-27(38)19-17-24)41-34(43)26-12-7-4-8-13-26/h3-21,23,33H,2H2,1H3,(H,40,44)(H,41,43)(H,42,45)/b32-20+. The maximum absolute atomic E-state index is 13.5. The van der Waals surface area contributed by atoms with Crippen molar-refractivity contribution < 1.29 is 14.4 Å². The lowest BCUT2D eigenvalue weighted by molar-refractivity contribution is -0.116. The molecule has 3 amide bonds. The van der Waals surface area contributed by atoms with Crippen LogP contribution in [-0.2, 0) is 9.59 Å². The van der Waals surface area contributed by atoms with E-state index in [9.17, 15) is 19.6 Å². The van der Waals surface area contributed by atoms with Gasteiger partial charge in [0.05, 0.1) is 10.8 Å². The van der Waals surface area contributed by atoms with Crippen molar-refractivity contribution in [1.82, 2.24) is 5.32 Å². The number of carbonyl (C=O) groups excluding carboxylic acids is 3. The van der Waals surface area contributed by atoms with Crippen molar-refractivity contribution in [3.63, 3.8) is 0 Å². The van der Waals surface area contributed by atoms with Gasteiger partial charge >= 0.3 is 0 Å². The molecule has 0 aliphatic heterocycles. The average Bonchev–Trinajstić information content (AvgIpc) is 3.51. The Morgan fingerprint density at radius 2 is 1.62 bits per heavy atom. The van der Waals surface area contributed by atoms with E-state index in [1.165, 1.54) is 23.1 Å². The van der Waals surface area contributed by atoms with Gasteiger partial charge in [0.2, 0.25) is 5.91 Å². The molecule has 0 saturated carbocycles. The molecule has 1 atom stereocenters. The summed E-state index contributed by atoms with van der Waals surface area (Å²) in [7, 11) is 0. The Labute approximate surface area is 289 Å². The van der Waals surface area contributed by atoms with Crippen molar-refractivity contribution in [2.75, 3.05) is 10.6 Å². The Balaban J connectivity index is 1.30. The molecule has 5 rings (SSSR count). The molecule has 234 valence electrons. The van der Waals surface area contributed by atoms with Crippen LogP contribution in [0, 0.1) is 11.3 Å². The number of nitriles is 1. The van der Waals surface area contributed by atoms with Crippen molar-refractivity contribution in [2.24, 2.45) is 0 Å². The Morgan fingerprint density at radius 3 is 2.30 bits per heavy atom. The molecule has 3 N–H and O–H groups in total. The van der Waals surface area contributed by atoms with Crippen molar-refractivity contribution >= 4 is 73.5 Å². The molecule has 7 nitrogen and oxygen atoms in total. The molecule has 0 fully saturated rings. The van der Waals surface area contributed by atoms with Gasteiger partial charge in [-0.1, -0.05) is 89.6 Å². The van der Waals surface area contributed by atoms with Crippen LogP contribution < -0.4 is 16.0 Å². The van der Waals surface area contributed by atoms with Gasteiger partial charge < -0.3 is 16.0 Å². The number of halogens is 1. The lowest BCUT2D eigenvalue weighted by atomic mass is 10.1. The van der Waals surface area contributed by atoms with Gasteiger partial charge in [-0.2, -0.15) is 5.26 Å². The number of benzene rings is 4. The molecule has 0 aliphatic carbocycles. The smallest absolute Gasteiger partial charge is 0.272 e. The van der Waals surface area contributed by atoms with Gasteiger partial charge in [0.25, 0.3) is 11.8 Å². The molecule has 4 aromatic carbocycles. The van der Waals surface area contributed by atoms with E-state index >= 15 is 0 Å². The van der Waals surface area contributed by atoms with E-state index in [1.807, 2.05) is 79.0 Å². The number of thiophene rings is 1. The molecule has 0 aliphatic rings. The van der Waals surface area contributed by atoms with Crippen LogP contribution in [0.1, 0.15) is 34.8 Å². The number of thioether (sulfide) groups is 1. The van der Waals surface area contributed by atoms with E-state index in [1.54, 1.807) is 48.5 Å². The quantitative estimate of drug-likeness (QED) is 0.0932. The van der Waals surface area contributed by atoms with Gasteiger partial charge in [-0.25, -0.2) is 0 Å². The summed E-state index contributed by atoms with van der Waals surface area (Å²) in [6.07, 6.45) is 2.15. The Kier molecular flexibility index (Phi) is 11.4. The second-order valence-corrected chi connectivity index (χ2v) is 13.3. The first-order valence-corrected chi connectivity index (χ1v) is 17.2. The highest BCUT2D eigenvalue weighted by Gasteiger charge is 2.22. The fourth-order valence-electron chi connectivity index (χ4n) is 4.58. The van der Waals surface area contributed by atoms with Crippen LogP contribution in [0.15, 0.2) is 130 Å². The maximum atomic E-state index is 13.5. The summed E-state index contributed by atoms with van der Waals surface area (Å²) in [5.41, 5.74) is 3.86. The number of nitrogens with zero attached hydrogens (tertiary/aromatic N) is 1. The number of rotatable bonds is 11. The zero-order chi connectivity index (χ0) is 33.2. The van der Waals surface area contributed by atoms with E-state index < -0.39 is 17.1 Å². The number of hydrogen-bond donors (Lipinski definition) is 3. The minimum absolute atomic E-state index is 0.0733. The van der Waals surface area contributed by atoms with E-state index in [0.717, 1.165) is 26.1 Å². The monoisotopic (exact) mass is 720 g/mol. The van der Waals surface area contributed by atoms with Crippen molar-refractivity contribution in [3.8, 4) is 17.2 Å². The third kappa shape index (κ3) is 8.86. The largest absolute Gasteiger partial charge is 0.321 e. The number of anilines is 2. The second kappa shape index (κ2) is 16.1. The highest BCUT2D eigenvalue weighted by molar-refractivity contribution is 9.10. The van der Waals surface area contributed by atoms with Crippen LogP contribution in [0.3, 0.4) is 0 Å². The highest BCUT2D eigenvalue weighted by Crippen LogP contribution is 2.36. The van der Waals surface area contributed by atoms with E-state index in [2.05, 4.69) is 37.9 Å². The van der Waals surface area contributed by atoms with Gasteiger partial charge in [0.1, 0.15) is 16.8 Å². The van der Waals surface area contributed by atoms with Crippen LogP contribution >= 0.6 is 39.0 Å². The number of amides is 3. The Morgan fingerprint density at radius 1 is 0.915 bits per heavy atom. The second-order valence-electron chi connectivity index (χ2n) is 10.2. The highest BCUT2D eigenvalue weighted by atomic mass is 79.9. The summed E-state index contributed by atoms with van der Waals surface area (Å²) in [5.74, 6) is -1.13. The van der Waals surface area contributed by atoms with E-state index in [-0.39, 0.29) is 11.6 Å². The molecule has 5 aromatic rings. The summed E-state index contributed by atoms with van der Waals surface area (Å²) in [4.78, 5) is 40.6. The third-order valence-electron chi connectivity index (χ3n) is 6.97. The molecular formula is C37H29BrN4O3S2. The molecule has 1 unspecified atom stereocenters. The molecule has 10 heteroatoms. The van der Waals surface area contributed by atoms with Gasteiger partial charge in [-0.15, -0.1) is 23.1 Å². The number of carbonyl (C=O) groups is 3. The molecule has 0 saturated heterocycles. The van der Waals surface area contributed by atoms with Crippen LogP contribution in [0.2, 0.25) is 0 Å². The fourth-order valence-corrected chi connectivity index (χ4v) is 6.78. The minimum Gasteiger partial charge on any atom is -0.321 e. The van der Waals surface area contributed by atoms with Crippen molar-refractivity contribution in [2.45, 2.75) is 23.5 Å². The minimum atomic E-state index is -0.500. The fraction of sp³-hybridized carbons (Fsp3) is 0.0811.